The van der Waals surface area contributed by atoms with E-state index in [2.05, 4.69) is 6.58 Å². The summed E-state index contributed by atoms with van der Waals surface area (Å²) in [6.45, 7) is 3.98. The van der Waals surface area contributed by atoms with Crippen molar-refractivity contribution in [1.82, 2.24) is 0 Å². The number of carbonyl (C=O) groups is 1. The molecule has 1 aliphatic heterocycles. The molecule has 0 aromatic heterocycles. The summed E-state index contributed by atoms with van der Waals surface area (Å²) in [7, 11) is 3.09. The number of para-hydroxylation sites is 1. The summed E-state index contributed by atoms with van der Waals surface area (Å²) in [5.74, 6) is 1.39. The molecule has 0 saturated carbocycles. The van der Waals surface area contributed by atoms with Gasteiger partial charge in [-0.15, -0.1) is 0 Å². The molecule has 0 unspecified atom stereocenters. The van der Waals surface area contributed by atoms with E-state index in [1.807, 2.05) is 12.1 Å². The van der Waals surface area contributed by atoms with Crippen LogP contribution in [0.1, 0.15) is 5.56 Å². The molecular weight excluding hydrogens is 430 g/mol. The first-order valence-corrected chi connectivity index (χ1v) is 10.1. The van der Waals surface area contributed by atoms with Crippen LogP contribution in [0, 0.1) is 0 Å². The molecule has 8 heteroatoms. The van der Waals surface area contributed by atoms with Gasteiger partial charge in [-0.2, -0.15) is 0 Å². The fraction of sp³-hybridized carbons (Fsp3) is 0.143. The Labute approximate surface area is 183 Å². The SMILES string of the molecule is C=CCOc1c(/C=C2\SC(=S)N(c3ccc(OC)c(Cl)c3)C2=O)cccc1OC. The van der Waals surface area contributed by atoms with Gasteiger partial charge in [-0.3, -0.25) is 9.69 Å². The largest absolute Gasteiger partial charge is 0.495 e. The molecule has 0 bridgehead atoms. The molecule has 29 heavy (non-hydrogen) atoms. The summed E-state index contributed by atoms with van der Waals surface area (Å²) in [5.41, 5.74) is 1.29. The van der Waals surface area contributed by atoms with Crippen LogP contribution >= 0.6 is 35.6 Å². The van der Waals surface area contributed by atoms with E-state index >= 15 is 0 Å². The van der Waals surface area contributed by atoms with Crippen molar-refractivity contribution in [3.05, 3.63) is 64.5 Å². The zero-order valence-electron chi connectivity index (χ0n) is 15.8. The summed E-state index contributed by atoms with van der Waals surface area (Å²) in [6.07, 6.45) is 3.38. The Morgan fingerprint density at radius 1 is 1.21 bits per heavy atom. The third-order valence-electron chi connectivity index (χ3n) is 4.05. The monoisotopic (exact) mass is 447 g/mol. The van der Waals surface area contributed by atoms with Gasteiger partial charge in [-0.05, 0) is 30.3 Å². The zero-order chi connectivity index (χ0) is 21.0. The lowest BCUT2D eigenvalue weighted by Gasteiger charge is -2.16. The second-order valence-corrected chi connectivity index (χ2v) is 7.90. The smallest absolute Gasteiger partial charge is 0.270 e. The van der Waals surface area contributed by atoms with Crippen LogP contribution in [0.2, 0.25) is 5.02 Å². The van der Waals surface area contributed by atoms with E-state index in [9.17, 15) is 4.79 Å². The van der Waals surface area contributed by atoms with Crippen LogP contribution < -0.4 is 19.1 Å². The van der Waals surface area contributed by atoms with Gasteiger partial charge in [0.25, 0.3) is 5.91 Å². The van der Waals surface area contributed by atoms with Gasteiger partial charge in [0.1, 0.15) is 12.4 Å². The predicted octanol–water partition coefficient (Wildman–Crippen LogP) is 5.33. The van der Waals surface area contributed by atoms with Crippen molar-refractivity contribution < 1.29 is 19.0 Å². The average molecular weight is 448 g/mol. The van der Waals surface area contributed by atoms with Gasteiger partial charge in [0.2, 0.25) is 0 Å². The van der Waals surface area contributed by atoms with E-state index in [0.29, 0.717) is 49.4 Å². The topological polar surface area (TPSA) is 48.0 Å². The summed E-state index contributed by atoms with van der Waals surface area (Å²) >= 11 is 12.8. The molecule has 0 atom stereocenters. The lowest BCUT2D eigenvalue weighted by molar-refractivity contribution is -0.113. The Morgan fingerprint density at radius 3 is 2.62 bits per heavy atom. The van der Waals surface area contributed by atoms with Gasteiger partial charge >= 0.3 is 0 Å². The van der Waals surface area contributed by atoms with Crippen LogP contribution in [-0.4, -0.2) is 31.1 Å². The number of benzene rings is 2. The fourth-order valence-electron chi connectivity index (χ4n) is 2.73. The minimum Gasteiger partial charge on any atom is -0.495 e. The molecule has 0 N–H and O–H groups in total. The number of anilines is 1. The minimum absolute atomic E-state index is 0.237. The summed E-state index contributed by atoms with van der Waals surface area (Å²) in [5, 5.41) is 0.399. The summed E-state index contributed by atoms with van der Waals surface area (Å²) < 4.78 is 16.7. The molecule has 2 aromatic carbocycles. The molecule has 1 aliphatic rings. The number of rotatable bonds is 7. The predicted molar refractivity (Wildman–Crippen MR) is 122 cm³/mol. The highest BCUT2D eigenvalue weighted by Gasteiger charge is 2.34. The third-order valence-corrected chi connectivity index (χ3v) is 5.65. The number of nitrogens with zero attached hydrogens (tertiary/aromatic N) is 1. The Hall–Kier alpha value is -2.48. The lowest BCUT2D eigenvalue weighted by atomic mass is 10.1. The van der Waals surface area contributed by atoms with Crippen LogP contribution in [0.4, 0.5) is 5.69 Å². The van der Waals surface area contributed by atoms with E-state index in [0.717, 1.165) is 0 Å². The lowest BCUT2D eigenvalue weighted by Crippen LogP contribution is -2.27. The number of methoxy groups -OCH3 is 2. The molecule has 0 aliphatic carbocycles. The van der Waals surface area contributed by atoms with Gasteiger partial charge in [0.05, 0.1) is 29.8 Å². The van der Waals surface area contributed by atoms with E-state index < -0.39 is 0 Å². The average Bonchev–Trinajstić information content (AvgIpc) is 2.99. The maximum Gasteiger partial charge on any atom is 0.270 e. The van der Waals surface area contributed by atoms with Gasteiger partial charge in [0.15, 0.2) is 15.8 Å². The van der Waals surface area contributed by atoms with Crippen molar-refractivity contribution in [3.8, 4) is 17.2 Å². The first-order chi connectivity index (χ1) is 14.0. The standard InChI is InChI=1S/C21H18ClNO4S2/c1-4-10-27-19-13(6-5-7-17(19)26-3)11-18-20(24)23(21(28)29-18)14-8-9-16(25-2)15(22)12-14/h4-9,11-12H,1,10H2,2-3H3/b18-11-. The number of ether oxygens (including phenoxy) is 3. The minimum atomic E-state index is -0.237. The Morgan fingerprint density at radius 2 is 1.97 bits per heavy atom. The molecule has 150 valence electrons. The fourth-order valence-corrected chi connectivity index (χ4v) is 4.27. The maximum absolute atomic E-state index is 13.1. The van der Waals surface area contributed by atoms with Crippen LogP contribution in [0.15, 0.2) is 54.0 Å². The van der Waals surface area contributed by atoms with E-state index in [4.69, 9.17) is 38.0 Å². The van der Waals surface area contributed by atoms with E-state index in [1.54, 1.807) is 43.5 Å². The molecule has 1 amide bonds. The van der Waals surface area contributed by atoms with Crippen molar-refractivity contribution in [2.75, 3.05) is 25.7 Å². The molecule has 3 rings (SSSR count). The summed E-state index contributed by atoms with van der Waals surface area (Å²) in [6, 6.07) is 10.6. The first kappa shape index (κ1) is 21.2. The number of amides is 1. The van der Waals surface area contributed by atoms with Crippen molar-refractivity contribution in [2.45, 2.75) is 0 Å². The van der Waals surface area contributed by atoms with Crippen LogP contribution in [0.3, 0.4) is 0 Å². The number of carbonyl (C=O) groups excluding carboxylic acids is 1. The van der Waals surface area contributed by atoms with Gasteiger partial charge in [-0.1, -0.05) is 60.4 Å². The van der Waals surface area contributed by atoms with Crippen LogP contribution in [0.5, 0.6) is 17.2 Å². The molecule has 1 heterocycles. The molecule has 0 radical (unpaired) electrons. The number of thiocarbonyl (C=S) groups is 1. The number of halogens is 1. The van der Waals surface area contributed by atoms with Crippen LogP contribution in [-0.2, 0) is 4.79 Å². The van der Waals surface area contributed by atoms with E-state index in [-0.39, 0.29) is 5.91 Å². The maximum atomic E-state index is 13.1. The highest BCUT2D eigenvalue weighted by Crippen LogP contribution is 2.40. The van der Waals surface area contributed by atoms with Gasteiger partial charge in [-0.25, -0.2) is 0 Å². The highest BCUT2D eigenvalue weighted by molar-refractivity contribution is 8.27. The Balaban J connectivity index is 1.96. The molecule has 5 nitrogen and oxygen atoms in total. The van der Waals surface area contributed by atoms with Crippen molar-refractivity contribution in [1.29, 1.82) is 0 Å². The number of hydrogen-bond donors (Lipinski definition) is 0. The summed E-state index contributed by atoms with van der Waals surface area (Å²) in [4.78, 5) is 15.0. The normalized spacial score (nSPS) is 15.0. The van der Waals surface area contributed by atoms with Crippen molar-refractivity contribution >= 4 is 57.6 Å². The molecule has 1 saturated heterocycles. The Kier molecular flexibility index (Phi) is 6.84. The van der Waals surface area contributed by atoms with Crippen molar-refractivity contribution in [3.63, 3.8) is 0 Å². The molecule has 0 spiro atoms. The van der Waals surface area contributed by atoms with Crippen molar-refractivity contribution in [2.24, 2.45) is 0 Å². The van der Waals surface area contributed by atoms with Gasteiger partial charge < -0.3 is 14.2 Å². The third kappa shape index (κ3) is 4.42. The second-order valence-electron chi connectivity index (χ2n) is 5.81. The molecule has 2 aromatic rings. The molecular formula is C21H18ClNO4S2. The van der Waals surface area contributed by atoms with Gasteiger partial charge in [0, 0.05) is 5.56 Å². The second kappa shape index (κ2) is 9.35. The highest BCUT2D eigenvalue weighted by atomic mass is 35.5. The quantitative estimate of drug-likeness (QED) is 0.325. The van der Waals surface area contributed by atoms with E-state index in [1.165, 1.54) is 23.8 Å². The van der Waals surface area contributed by atoms with Crippen LogP contribution in [0.25, 0.3) is 6.08 Å². The number of hydrogen-bond acceptors (Lipinski definition) is 6. The molecule has 1 fully saturated rings. The number of thioether (sulfide) groups is 1. The Bertz CT molecular complexity index is 1010. The first-order valence-electron chi connectivity index (χ1n) is 8.52. The zero-order valence-corrected chi connectivity index (χ0v) is 18.2.